The molecule has 2 amide bonds. The van der Waals surface area contributed by atoms with Gasteiger partial charge in [0, 0.05) is 13.1 Å². The molecule has 0 bridgehead atoms. The van der Waals surface area contributed by atoms with E-state index in [0.29, 0.717) is 18.0 Å². The van der Waals surface area contributed by atoms with Crippen LogP contribution in [-0.4, -0.2) is 43.5 Å². The Balaban J connectivity index is 2.19. The van der Waals surface area contributed by atoms with Crippen LogP contribution in [0.15, 0.2) is 42.5 Å². The quantitative estimate of drug-likeness (QED) is 0.501. The molecule has 2 aromatic carbocycles. The van der Waals surface area contributed by atoms with Gasteiger partial charge in [-0.3, -0.25) is 9.59 Å². The van der Waals surface area contributed by atoms with Crippen LogP contribution in [0.5, 0.6) is 11.5 Å². The maximum atomic E-state index is 13.3. The van der Waals surface area contributed by atoms with E-state index in [1.807, 2.05) is 0 Å². The Hall–Kier alpha value is -3.09. The number of rotatable bonds is 12. The van der Waals surface area contributed by atoms with Gasteiger partial charge in [0.15, 0.2) is 11.5 Å². The molecule has 2 rings (SSSR count). The molecule has 7 heteroatoms. The number of carbonyl (C=O) groups is 2. The van der Waals surface area contributed by atoms with Crippen LogP contribution in [0.1, 0.15) is 44.2 Å². The lowest BCUT2D eigenvalue weighted by molar-refractivity contribution is -0.140. The number of methoxy groups -OCH3 is 2. The van der Waals surface area contributed by atoms with Crippen molar-refractivity contribution in [2.75, 3.05) is 20.8 Å². The summed E-state index contributed by atoms with van der Waals surface area (Å²) in [4.78, 5) is 27.5. The number of hydrogen-bond donors (Lipinski definition) is 1. The van der Waals surface area contributed by atoms with Crippen molar-refractivity contribution in [2.24, 2.45) is 0 Å². The van der Waals surface area contributed by atoms with E-state index in [0.717, 1.165) is 30.4 Å². The van der Waals surface area contributed by atoms with Crippen molar-refractivity contribution in [1.82, 2.24) is 10.2 Å². The Bertz CT molecular complexity index is 886. The molecule has 0 aliphatic heterocycles. The van der Waals surface area contributed by atoms with Gasteiger partial charge in [0.1, 0.15) is 11.9 Å². The van der Waals surface area contributed by atoms with E-state index in [1.54, 1.807) is 44.4 Å². The topological polar surface area (TPSA) is 67.9 Å². The summed E-state index contributed by atoms with van der Waals surface area (Å²) in [5, 5.41) is 2.92. The molecule has 0 fully saturated rings. The van der Waals surface area contributed by atoms with Crippen LogP contribution in [0.4, 0.5) is 4.39 Å². The highest BCUT2D eigenvalue weighted by Crippen LogP contribution is 2.28. The highest BCUT2D eigenvalue weighted by atomic mass is 19.1. The Labute approximate surface area is 189 Å². The number of nitrogens with zero attached hydrogens (tertiary/aromatic N) is 1. The molecular formula is C25H33FN2O4. The zero-order valence-electron chi connectivity index (χ0n) is 19.3. The third kappa shape index (κ3) is 7.25. The lowest BCUT2D eigenvalue weighted by Crippen LogP contribution is -2.48. The third-order valence-corrected chi connectivity index (χ3v) is 5.32. The average Bonchev–Trinajstić information content (AvgIpc) is 2.80. The highest BCUT2D eigenvalue weighted by molar-refractivity contribution is 5.88. The first-order valence-electron chi connectivity index (χ1n) is 10.9. The van der Waals surface area contributed by atoms with Gasteiger partial charge in [0.25, 0.3) is 0 Å². The summed E-state index contributed by atoms with van der Waals surface area (Å²) in [6.07, 6.45) is 3.08. The number of halogens is 1. The zero-order valence-corrected chi connectivity index (χ0v) is 19.3. The van der Waals surface area contributed by atoms with E-state index >= 15 is 0 Å². The minimum absolute atomic E-state index is 0.0923. The van der Waals surface area contributed by atoms with Gasteiger partial charge in [0.05, 0.1) is 20.6 Å². The van der Waals surface area contributed by atoms with E-state index in [1.165, 1.54) is 24.1 Å². The number of benzene rings is 2. The van der Waals surface area contributed by atoms with Gasteiger partial charge in [-0.25, -0.2) is 4.39 Å². The predicted octanol–water partition coefficient (Wildman–Crippen LogP) is 4.11. The van der Waals surface area contributed by atoms with Crippen molar-refractivity contribution in [2.45, 2.75) is 52.1 Å². The van der Waals surface area contributed by atoms with Crippen LogP contribution in [0.3, 0.4) is 0 Å². The molecule has 0 radical (unpaired) electrons. The molecule has 0 saturated heterocycles. The molecule has 1 unspecified atom stereocenters. The fourth-order valence-electron chi connectivity index (χ4n) is 3.37. The van der Waals surface area contributed by atoms with Gasteiger partial charge < -0.3 is 19.7 Å². The fourth-order valence-corrected chi connectivity index (χ4v) is 3.37. The molecule has 0 heterocycles. The van der Waals surface area contributed by atoms with Crippen LogP contribution in [0.25, 0.3) is 0 Å². The molecule has 174 valence electrons. The van der Waals surface area contributed by atoms with Crippen molar-refractivity contribution < 1.29 is 23.5 Å². The standard InChI is InChI=1S/C25H33FN2O4/c1-5-6-7-14-27-25(30)18(2)28(17-19-8-11-21(26)12-9-19)24(29)16-20-10-13-22(31-3)23(15-20)32-4/h8-13,15,18H,5-7,14,16-17H2,1-4H3,(H,27,30). The summed E-state index contributed by atoms with van der Waals surface area (Å²) < 4.78 is 23.9. The summed E-state index contributed by atoms with van der Waals surface area (Å²) >= 11 is 0. The molecule has 1 N–H and O–H groups in total. The first-order valence-corrected chi connectivity index (χ1v) is 10.9. The van der Waals surface area contributed by atoms with Crippen molar-refractivity contribution >= 4 is 11.8 Å². The average molecular weight is 445 g/mol. The Morgan fingerprint density at radius 1 is 1.00 bits per heavy atom. The van der Waals surface area contributed by atoms with Gasteiger partial charge in [-0.05, 0) is 48.7 Å². The summed E-state index contributed by atoms with van der Waals surface area (Å²) in [5.74, 6) is 0.344. The highest BCUT2D eigenvalue weighted by Gasteiger charge is 2.26. The normalized spacial score (nSPS) is 11.5. The van der Waals surface area contributed by atoms with E-state index in [-0.39, 0.29) is 30.6 Å². The van der Waals surface area contributed by atoms with Crippen LogP contribution < -0.4 is 14.8 Å². The number of unbranched alkanes of at least 4 members (excludes halogenated alkanes) is 2. The SMILES string of the molecule is CCCCCNC(=O)C(C)N(Cc1ccc(F)cc1)C(=O)Cc1ccc(OC)c(OC)c1. The smallest absolute Gasteiger partial charge is 0.242 e. The van der Waals surface area contributed by atoms with Gasteiger partial charge in [-0.15, -0.1) is 0 Å². The van der Waals surface area contributed by atoms with E-state index < -0.39 is 6.04 Å². The number of ether oxygens (including phenoxy) is 2. The van der Waals surface area contributed by atoms with Gasteiger partial charge >= 0.3 is 0 Å². The monoisotopic (exact) mass is 444 g/mol. The second-order valence-electron chi connectivity index (χ2n) is 7.69. The van der Waals surface area contributed by atoms with Crippen LogP contribution in [-0.2, 0) is 22.6 Å². The number of carbonyl (C=O) groups excluding carboxylic acids is 2. The number of amides is 2. The predicted molar refractivity (Wildman–Crippen MR) is 122 cm³/mol. The molecule has 0 aliphatic rings. The molecule has 0 saturated carbocycles. The maximum absolute atomic E-state index is 13.3. The Morgan fingerprint density at radius 2 is 1.66 bits per heavy atom. The molecule has 1 atom stereocenters. The second kappa shape index (κ2) is 12.7. The fraction of sp³-hybridized carbons (Fsp3) is 0.440. The van der Waals surface area contributed by atoms with Gasteiger partial charge in [0.2, 0.25) is 11.8 Å². The summed E-state index contributed by atoms with van der Waals surface area (Å²) in [7, 11) is 3.09. The van der Waals surface area contributed by atoms with Crippen molar-refractivity contribution in [1.29, 1.82) is 0 Å². The lowest BCUT2D eigenvalue weighted by Gasteiger charge is -2.29. The molecular weight excluding hydrogens is 411 g/mol. The summed E-state index contributed by atoms with van der Waals surface area (Å²) in [6, 6.07) is 10.6. The van der Waals surface area contributed by atoms with Gasteiger partial charge in [-0.1, -0.05) is 38.0 Å². The molecule has 32 heavy (non-hydrogen) atoms. The minimum Gasteiger partial charge on any atom is -0.493 e. The molecule has 0 aromatic heterocycles. The summed E-state index contributed by atoms with van der Waals surface area (Å²) in [6.45, 7) is 4.59. The first kappa shape index (κ1) is 25.2. The maximum Gasteiger partial charge on any atom is 0.242 e. The molecule has 0 spiro atoms. The largest absolute Gasteiger partial charge is 0.493 e. The molecule has 2 aromatic rings. The Morgan fingerprint density at radius 3 is 2.28 bits per heavy atom. The number of hydrogen-bond acceptors (Lipinski definition) is 4. The third-order valence-electron chi connectivity index (χ3n) is 5.32. The van der Waals surface area contributed by atoms with E-state index in [9.17, 15) is 14.0 Å². The lowest BCUT2D eigenvalue weighted by atomic mass is 10.1. The second-order valence-corrected chi connectivity index (χ2v) is 7.69. The first-order chi connectivity index (χ1) is 15.4. The van der Waals surface area contributed by atoms with Crippen molar-refractivity contribution in [3.05, 3.63) is 59.4 Å². The van der Waals surface area contributed by atoms with E-state index in [2.05, 4.69) is 12.2 Å². The molecule has 6 nitrogen and oxygen atoms in total. The molecule has 0 aliphatic carbocycles. The Kier molecular flexibility index (Phi) is 9.98. The minimum atomic E-state index is -0.672. The zero-order chi connectivity index (χ0) is 23.5. The van der Waals surface area contributed by atoms with Crippen LogP contribution in [0, 0.1) is 5.82 Å². The van der Waals surface area contributed by atoms with Crippen LogP contribution in [0.2, 0.25) is 0 Å². The van der Waals surface area contributed by atoms with Crippen LogP contribution >= 0.6 is 0 Å². The summed E-state index contributed by atoms with van der Waals surface area (Å²) in [5.41, 5.74) is 1.49. The van der Waals surface area contributed by atoms with Crippen molar-refractivity contribution in [3.8, 4) is 11.5 Å². The van der Waals surface area contributed by atoms with E-state index in [4.69, 9.17) is 9.47 Å². The number of nitrogens with one attached hydrogen (secondary N) is 1. The van der Waals surface area contributed by atoms with Gasteiger partial charge in [-0.2, -0.15) is 0 Å². The van der Waals surface area contributed by atoms with Crippen molar-refractivity contribution in [3.63, 3.8) is 0 Å².